The number of allylic oxidation sites excluding steroid dienone is 1. The molecule has 0 spiro atoms. The minimum absolute atomic E-state index is 0.147. The van der Waals surface area contributed by atoms with Crippen LogP contribution in [0.25, 0.3) is 0 Å². The van der Waals surface area contributed by atoms with Gasteiger partial charge in [0, 0.05) is 0 Å². The summed E-state index contributed by atoms with van der Waals surface area (Å²) in [5.74, 6) is -0.147. The molecule has 16 heavy (non-hydrogen) atoms. The van der Waals surface area contributed by atoms with E-state index in [2.05, 4.69) is 22.6 Å². The number of ether oxygens (including phenoxy) is 2. The molecule has 5 heteroatoms. The molecule has 1 unspecified atom stereocenters. The number of morpholine rings is 1. The normalized spacial score (nSPS) is 19.9. The van der Waals surface area contributed by atoms with Crippen LogP contribution in [0.5, 0.6) is 0 Å². The Morgan fingerprint density at radius 3 is 2.88 bits per heavy atom. The van der Waals surface area contributed by atoms with E-state index in [0.717, 1.165) is 32.8 Å². The van der Waals surface area contributed by atoms with Crippen LogP contribution in [-0.4, -0.2) is 49.3 Å². The van der Waals surface area contributed by atoms with Gasteiger partial charge in [-0.05, 0) is 6.92 Å². The zero-order chi connectivity index (χ0) is 11.8. The third-order valence-electron chi connectivity index (χ3n) is 2.49. The van der Waals surface area contributed by atoms with Crippen molar-refractivity contribution in [3.63, 3.8) is 0 Å². The Morgan fingerprint density at radius 1 is 1.56 bits per heavy atom. The van der Waals surface area contributed by atoms with Crippen LogP contribution in [0, 0.1) is 0 Å². The Balaban J connectivity index is 2.11. The van der Waals surface area contributed by atoms with Crippen LogP contribution < -0.4 is 4.90 Å². The highest BCUT2D eigenvalue weighted by molar-refractivity contribution is 14.1. The number of hydrogen-bond donors (Lipinski definition) is 1. The molecule has 1 aliphatic rings. The van der Waals surface area contributed by atoms with Crippen LogP contribution in [0.15, 0.2) is 12.2 Å². The minimum Gasteiger partial charge on any atom is -0.459 e. The number of carbonyl (C=O) groups excluding carboxylic acids is 1. The van der Waals surface area contributed by atoms with Gasteiger partial charge in [-0.25, -0.2) is 0 Å². The first kappa shape index (κ1) is 13.9. The monoisotopic (exact) mass is 340 g/mol. The molecule has 1 saturated heterocycles. The molecule has 0 bridgehead atoms. The summed E-state index contributed by atoms with van der Waals surface area (Å²) in [5, 5.41) is 0. The van der Waals surface area contributed by atoms with Crippen molar-refractivity contribution in [3.05, 3.63) is 12.2 Å². The molecule has 1 atom stereocenters. The van der Waals surface area contributed by atoms with Crippen molar-refractivity contribution in [2.45, 2.75) is 10.8 Å². The number of halogens is 1. The number of hydrogen-bond acceptors (Lipinski definition) is 3. The Bertz CT molecular complexity index is 239. The van der Waals surface area contributed by atoms with Crippen molar-refractivity contribution in [1.82, 2.24) is 0 Å². The first-order chi connectivity index (χ1) is 7.74. The molecule has 0 aromatic heterocycles. The van der Waals surface area contributed by atoms with Crippen molar-refractivity contribution >= 4 is 28.6 Å². The van der Waals surface area contributed by atoms with Gasteiger partial charge in [0.25, 0.3) is 0 Å². The van der Waals surface area contributed by atoms with E-state index in [1.807, 2.05) is 19.1 Å². The molecular weight excluding hydrogens is 321 g/mol. The Morgan fingerprint density at radius 2 is 2.25 bits per heavy atom. The molecule has 0 aromatic rings. The molecule has 1 fully saturated rings. The predicted octanol–water partition coefficient (Wildman–Crippen LogP) is -0.176. The predicted molar refractivity (Wildman–Crippen MR) is 70.0 cm³/mol. The van der Waals surface area contributed by atoms with E-state index in [4.69, 9.17) is 9.47 Å². The zero-order valence-corrected chi connectivity index (χ0v) is 11.7. The van der Waals surface area contributed by atoms with E-state index in [0.29, 0.717) is 6.61 Å². The minimum atomic E-state index is -0.165. The fourth-order valence-electron chi connectivity index (χ4n) is 1.53. The smallest absolute Gasteiger partial charge is 0.323 e. The van der Waals surface area contributed by atoms with Crippen LogP contribution in [0.1, 0.15) is 6.92 Å². The third-order valence-corrected chi connectivity index (χ3v) is 3.41. The van der Waals surface area contributed by atoms with Crippen LogP contribution in [-0.2, 0) is 14.3 Å². The number of quaternary nitrogens is 1. The maximum Gasteiger partial charge on any atom is 0.323 e. The fraction of sp³-hybridized carbons (Fsp3) is 0.727. The van der Waals surface area contributed by atoms with E-state index in [1.54, 1.807) is 0 Å². The first-order valence-electron chi connectivity index (χ1n) is 5.59. The highest BCUT2D eigenvalue weighted by Crippen LogP contribution is 2.04. The van der Waals surface area contributed by atoms with E-state index in [1.165, 1.54) is 4.90 Å². The molecular formula is C11H19INO3+. The molecule has 0 aliphatic carbocycles. The van der Waals surface area contributed by atoms with Gasteiger partial charge in [0.15, 0.2) is 0 Å². The molecule has 0 radical (unpaired) electrons. The second-order valence-electron chi connectivity index (χ2n) is 3.71. The maximum absolute atomic E-state index is 11.5. The molecule has 0 saturated carbocycles. The SMILES string of the molecule is C/C=C/C(I)C(=O)OCC[NH+]1CCOCC1. The lowest BCUT2D eigenvalue weighted by atomic mass is 10.4. The van der Waals surface area contributed by atoms with Gasteiger partial charge in [0.2, 0.25) is 0 Å². The average molecular weight is 340 g/mol. The quantitative estimate of drug-likeness (QED) is 0.327. The number of nitrogens with one attached hydrogen (secondary N) is 1. The molecule has 1 heterocycles. The van der Waals surface area contributed by atoms with Gasteiger partial charge in [0.1, 0.15) is 30.2 Å². The summed E-state index contributed by atoms with van der Waals surface area (Å²) in [5.41, 5.74) is 0. The second kappa shape index (κ2) is 8.03. The van der Waals surface area contributed by atoms with Gasteiger partial charge >= 0.3 is 5.97 Å². The van der Waals surface area contributed by atoms with E-state index in [-0.39, 0.29) is 9.89 Å². The molecule has 92 valence electrons. The van der Waals surface area contributed by atoms with Gasteiger partial charge in [-0.2, -0.15) is 0 Å². The summed E-state index contributed by atoms with van der Waals surface area (Å²) in [7, 11) is 0. The second-order valence-corrected chi connectivity index (χ2v) is 5.05. The maximum atomic E-state index is 11.5. The van der Waals surface area contributed by atoms with E-state index >= 15 is 0 Å². The zero-order valence-electron chi connectivity index (χ0n) is 9.58. The Labute approximate surface area is 110 Å². The molecule has 1 N–H and O–H groups in total. The summed E-state index contributed by atoms with van der Waals surface area (Å²) in [6.07, 6.45) is 3.70. The lowest BCUT2D eigenvalue weighted by Gasteiger charge is -2.23. The third kappa shape index (κ3) is 5.27. The van der Waals surface area contributed by atoms with Crippen LogP contribution in [0.4, 0.5) is 0 Å². The lowest BCUT2D eigenvalue weighted by Crippen LogP contribution is -3.14. The van der Waals surface area contributed by atoms with Crippen molar-refractivity contribution < 1.29 is 19.2 Å². The summed E-state index contributed by atoms with van der Waals surface area (Å²) >= 11 is 2.07. The average Bonchev–Trinajstić information content (AvgIpc) is 2.30. The number of carbonyl (C=O) groups is 1. The van der Waals surface area contributed by atoms with Crippen LogP contribution >= 0.6 is 22.6 Å². The van der Waals surface area contributed by atoms with Crippen molar-refractivity contribution in [1.29, 1.82) is 0 Å². The summed E-state index contributed by atoms with van der Waals surface area (Å²) in [4.78, 5) is 12.9. The van der Waals surface area contributed by atoms with Gasteiger partial charge < -0.3 is 14.4 Å². The number of alkyl halides is 1. The van der Waals surface area contributed by atoms with Crippen molar-refractivity contribution in [2.75, 3.05) is 39.5 Å². The van der Waals surface area contributed by atoms with Crippen molar-refractivity contribution in [2.24, 2.45) is 0 Å². The highest BCUT2D eigenvalue weighted by atomic mass is 127. The molecule has 1 aliphatic heterocycles. The van der Waals surface area contributed by atoms with Crippen LogP contribution in [0.3, 0.4) is 0 Å². The van der Waals surface area contributed by atoms with Gasteiger partial charge in [0.05, 0.1) is 13.2 Å². The number of rotatable bonds is 5. The molecule has 0 amide bonds. The summed E-state index contributed by atoms with van der Waals surface area (Å²) in [6, 6.07) is 0. The highest BCUT2D eigenvalue weighted by Gasteiger charge is 2.16. The standard InChI is InChI=1S/C11H18INO3/c1-2-3-10(12)11(14)16-9-6-13-4-7-15-8-5-13/h2-3,10H,4-9H2,1H3/p+1/b3-2+. The van der Waals surface area contributed by atoms with Crippen molar-refractivity contribution in [3.8, 4) is 0 Å². The van der Waals surface area contributed by atoms with Gasteiger partial charge in [-0.1, -0.05) is 34.7 Å². The topological polar surface area (TPSA) is 40.0 Å². The van der Waals surface area contributed by atoms with E-state index < -0.39 is 0 Å². The first-order valence-corrected chi connectivity index (χ1v) is 6.83. The summed E-state index contributed by atoms with van der Waals surface area (Å²) in [6.45, 7) is 6.95. The van der Waals surface area contributed by atoms with Gasteiger partial charge in [-0.15, -0.1) is 0 Å². The lowest BCUT2D eigenvalue weighted by molar-refractivity contribution is -0.908. The molecule has 1 rings (SSSR count). The molecule has 0 aromatic carbocycles. The largest absolute Gasteiger partial charge is 0.459 e. The van der Waals surface area contributed by atoms with Crippen LogP contribution in [0.2, 0.25) is 0 Å². The Hall–Kier alpha value is -0.140. The van der Waals surface area contributed by atoms with E-state index in [9.17, 15) is 4.79 Å². The Kier molecular flexibility index (Phi) is 6.98. The molecule has 4 nitrogen and oxygen atoms in total. The summed E-state index contributed by atoms with van der Waals surface area (Å²) < 4.78 is 10.3. The number of esters is 1. The van der Waals surface area contributed by atoms with Gasteiger partial charge in [-0.3, -0.25) is 4.79 Å². The fourth-order valence-corrected chi connectivity index (χ4v) is 2.13.